The SMILES string of the molecule is O=C(O)c1cc(-c2ccc(C(F)(F)F)cc2)cc(C(F)(F)F)c1. The van der Waals surface area contributed by atoms with Gasteiger partial charge in [-0.3, -0.25) is 0 Å². The summed E-state index contributed by atoms with van der Waals surface area (Å²) in [6.07, 6.45) is -9.34. The van der Waals surface area contributed by atoms with Gasteiger partial charge in [-0.2, -0.15) is 26.3 Å². The van der Waals surface area contributed by atoms with Gasteiger partial charge < -0.3 is 5.11 Å². The minimum Gasteiger partial charge on any atom is -0.478 e. The Morgan fingerprint density at radius 1 is 0.739 bits per heavy atom. The second-order valence-corrected chi connectivity index (χ2v) is 4.68. The van der Waals surface area contributed by atoms with Crippen LogP contribution in [0, 0.1) is 0 Å². The number of alkyl halides is 6. The number of rotatable bonds is 2. The highest BCUT2D eigenvalue weighted by Gasteiger charge is 2.32. The van der Waals surface area contributed by atoms with Crippen molar-refractivity contribution in [2.75, 3.05) is 0 Å². The Hall–Kier alpha value is -2.51. The van der Waals surface area contributed by atoms with Crippen LogP contribution in [0.3, 0.4) is 0 Å². The number of hydrogen-bond acceptors (Lipinski definition) is 1. The Morgan fingerprint density at radius 2 is 1.26 bits per heavy atom. The zero-order valence-corrected chi connectivity index (χ0v) is 11.2. The molecule has 2 aromatic carbocycles. The van der Waals surface area contributed by atoms with Crippen molar-refractivity contribution >= 4 is 5.97 Å². The molecular formula is C15H8F6O2. The summed E-state index contributed by atoms with van der Waals surface area (Å²) in [7, 11) is 0. The third kappa shape index (κ3) is 3.82. The highest BCUT2D eigenvalue weighted by molar-refractivity contribution is 5.90. The summed E-state index contributed by atoms with van der Waals surface area (Å²) >= 11 is 0. The third-order valence-corrected chi connectivity index (χ3v) is 3.05. The van der Waals surface area contributed by atoms with E-state index in [0.29, 0.717) is 12.1 Å². The minimum atomic E-state index is -4.77. The molecule has 0 amide bonds. The Bertz CT molecular complexity index is 729. The summed E-state index contributed by atoms with van der Waals surface area (Å²) < 4.78 is 75.9. The summed E-state index contributed by atoms with van der Waals surface area (Å²) in [5, 5.41) is 8.88. The number of aromatic carboxylic acids is 1. The van der Waals surface area contributed by atoms with E-state index >= 15 is 0 Å². The van der Waals surface area contributed by atoms with Crippen molar-refractivity contribution in [1.29, 1.82) is 0 Å². The van der Waals surface area contributed by atoms with Crippen molar-refractivity contribution in [3.8, 4) is 11.1 Å². The first-order chi connectivity index (χ1) is 10.5. The van der Waals surface area contributed by atoms with Crippen LogP contribution in [-0.4, -0.2) is 11.1 Å². The van der Waals surface area contributed by atoms with Crippen molar-refractivity contribution in [3.63, 3.8) is 0 Å². The summed E-state index contributed by atoms with van der Waals surface area (Å²) in [5.41, 5.74) is -2.83. The topological polar surface area (TPSA) is 37.3 Å². The van der Waals surface area contributed by atoms with Gasteiger partial charge in [0.2, 0.25) is 0 Å². The normalized spacial score (nSPS) is 12.3. The molecular weight excluding hydrogens is 326 g/mol. The van der Waals surface area contributed by atoms with E-state index < -0.39 is 35.0 Å². The smallest absolute Gasteiger partial charge is 0.416 e. The molecule has 0 aliphatic rings. The molecule has 2 rings (SSSR count). The minimum absolute atomic E-state index is 0.0478. The molecule has 0 unspecified atom stereocenters. The first-order valence-corrected chi connectivity index (χ1v) is 6.12. The lowest BCUT2D eigenvalue weighted by molar-refractivity contribution is -0.138. The van der Waals surface area contributed by atoms with Gasteiger partial charge in [0.1, 0.15) is 0 Å². The van der Waals surface area contributed by atoms with Crippen LogP contribution in [0.4, 0.5) is 26.3 Å². The van der Waals surface area contributed by atoms with Crippen LogP contribution in [0.25, 0.3) is 11.1 Å². The molecule has 0 spiro atoms. The molecule has 0 heterocycles. The van der Waals surface area contributed by atoms with Gasteiger partial charge in [-0.1, -0.05) is 12.1 Å². The lowest BCUT2D eigenvalue weighted by atomic mass is 9.98. The van der Waals surface area contributed by atoms with Gasteiger partial charge in [0.15, 0.2) is 0 Å². The molecule has 0 aliphatic carbocycles. The predicted octanol–water partition coefficient (Wildman–Crippen LogP) is 5.09. The van der Waals surface area contributed by atoms with E-state index in [1.807, 2.05) is 0 Å². The zero-order valence-electron chi connectivity index (χ0n) is 11.2. The van der Waals surface area contributed by atoms with Gasteiger partial charge in [0.25, 0.3) is 0 Å². The number of benzene rings is 2. The van der Waals surface area contributed by atoms with E-state index in [2.05, 4.69) is 0 Å². The molecule has 0 aromatic heterocycles. The lowest BCUT2D eigenvalue weighted by Crippen LogP contribution is -2.08. The van der Waals surface area contributed by atoms with Gasteiger partial charge in [-0.25, -0.2) is 4.79 Å². The Balaban J connectivity index is 2.54. The van der Waals surface area contributed by atoms with Gasteiger partial charge >= 0.3 is 18.3 Å². The second-order valence-electron chi connectivity index (χ2n) is 4.68. The van der Waals surface area contributed by atoms with E-state index in [0.717, 1.165) is 30.3 Å². The van der Waals surface area contributed by atoms with Crippen LogP contribution in [0.2, 0.25) is 0 Å². The van der Waals surface area contributed by atoms with Crippen LogP contribution in [0.5, 0.6) is 0 Å². The molecule has 0 bridgehead atoms. The summed E-state index contributed by atoms with van der Waals surface area (Å²) in [6, 6.07) is 5.55. The fraction of sp³-hybridized carbons (Fsp3) is 0.133. The van der Waals surface area contributed by atoms with Crippen LogP contribution < -0.4 is 0 Å². The molecule has 0 saturated carbocycles. The first kappa shape index (κ1) is 16.9. The van der Waals surface area contributed by atoms with Crippen molar-refractivity contribution < 1.29 is 36.2 Å². The van der Waals surface area contributed by atoms with E-state index in [1.165, 1.54) is 0 Å². The van der Waals surface area contributed by atoms with Crippen LogP contribution in [0.1, 0.15) is 21.5 Å². The van der Waals surface area contributed by atoms with Crippen molar-refractivity contribution in [2.24, 2.45) is 0 Å². The average Bonchev–Trinajstić information content (AvgIpc) is 2.45. The summed E-state index contributed by atoms with van der Waals surface area (Å²) in [5.74, 6) is -1.57. The molecule has 1 N–H and O–H groups in total. The molecule has 0 aliphatic heterocycles. The number of carboxylic acid groups (broad SMARTS) is 1. The van der Waals surface area contributed by atoms with Crippen LogP contribution in [0.15, 0.2) is 42.5 Å². The van der Waals surface area contributed by atoms with Gasteiger partial charge in [-0.15, -0.1) is 0 Å². The average molecular weight is 334 g/mol. The lowest BCUT2D eigenvalue weighted by Gasteiger charge is -2.12. The molecule has 0 atom stereocenters. The molecule has 0 radical (unpaired) electrons. The molecule has 23 heavy (non-hydrogen) atoms. The Kier molecular flexibility index (Phi) is 4.10. The quantitative estimate of drug-likeness (QED) is 0.777. The van der Waals surface area contributed by atoms with Gasteiger partial charge in [-0.05, 0) is 41.5 Å². The monoisotopic (exact) mass is 334 g/mol. The van der Waals surface area contributed by atoms with Crippen LogP contribution in [-0.2, 0) is 12.4 Å². The largest absolute Gasteiger partial charge is 0.478 e. The van der Waals surface area contributed by atoms with Crippen LogP contribution >= 0.6 is 0 Å². The standard InChI is InChI=1S/C15H8F6O2/c16-14(17,18)11-3-1-8(2-4-11)9-5-10(13(22)23)7-12(6-9)15(19,20)21/h1-7H,(H,22,23). The van der Waals surface area contributed by atoms with Gasteiger partial charge in [0, 0.05) is 0 Å². The molecule has 0 fully saturated rings. The maximum Gasteiger partial charge on any atom is 0.416 e. The maximum absolute atomic E-state index is 12.8. The number of halogens is 6. The van der Waals surface area contributed by atoms with Gasteiger partial charge in [0.05, 0.1) is 16.7 Å². The molecule has 2 nitrogen and oxygen atoms in total. The van der Waals surface area contributed by atoms with Crippen molar-refractivity contribution in [1.82, 2.24) is 0 Å². The molecule has 0 saturated heterocycles. The fourth-order valence-corrected chi connectivity index (χ4v) is 1.93. The van der Waals surface area contributed by atoms with E-state index in [1.54, 1.807) is 0 Å². The van der Waals surface area contributed by atoms with Crippen molar-refractivity contribution in [3.05, 3.63) is 59.2 Å². The Labute approximate surface area is 126 Å². The maximum atomic E-state index is 12.8. The molecule has 8 heteroatoms. The third-order valence-electron chi connectivity index (χ3n) is 3.05. The first-order valence-electron chi connectivity index (χ1n) is 6.12. The molecule has 2 aromatic rings. The summed E-state index contributed by atoms with van der Waals surface area (Å²) in [6.45, 7) is 0. The zero-order chi connectivity index (χ0) is 17.4. The number of carboxylic acids is 1. The van der Waals surface area contributed by atoms with Crippen molar-refractivity contribution in [2.45, 2.75) is 12.4 Å². The number of hydrogen-bond donors (Lipinski definition) is 1. The van der Waals surface area contributed by atoms with E-state index in [-0.39, 0.29) is 11.1 Å². The highest BCUT2D eigenvalue weighted by Crippen LogP contribution is 2.35. The predicted molar refractivity (Wildman–Crippen MR) is 68.8 cm³/mol. The van der Waals surface area contributed by atoms with E-state index in [4.69, 9.17) is 5.11 Å². The second kappa shape index (κ2) is 5.60. The van der Waals surface area contributed by atoms with E-state index in [9.17, 15) is 31.1 Å². The molecule has 122 valence electrons. The highest BCUT2D eigenvalue weighted by atomic mass is 19.4. The fourth-order valence-electron chi connectivity index (χ4n) is 1.93. The summed E-state index contributed by atoms with van der Waals surface area (Å²) in [4.78, 5) is 10.9. The number of carbonyl (C=O) groups is 1. The Morgan fingerprint density at radius 3 is 1.70 bits per heavy atom.